The topological polar surface area (TPSA) is 58.2 Å². The Balaban J connectivity index is 2.14. The number of nitrogens with one attached hydrogen (secondary N) is 2. The first-order valence-corrected chi connectivity index (χ1v) is 9.55. The van der Waals surface area contributed by atoms with Crippen molar-refractivity contribution in [2.45, 2.75) is 39.2 Å². The molecule has 1 saturated carbocycles. The minimum atomic E-state index is -3.28. The molecule has 1 aromatic rings. The van der Waals surface area contributed by atoms with Crippen molar-refractivity contribution < 1.29 is 8.42 Å². The van der Waals surface area contributed by atoms with Crippen molar-refractivity contribution in [1.82, 2.24) is 0 Å². The van der Waals surface area contributed by atoms with Gasteiger partial charge in [-0.2, -0.15) is 0 Å². The Morgan fingerprint density at radius 3 is 2.57 bits per heavy atom. The SMILES string of the molecule is CC1CCC(Nc2cc(NS(C)(=O)=O)ccc2Cl)C(C)C1. The van der Waals surface area contributed by atoms with Gasteiger partial charge in [-0.3, -0.25) is 4.72 Å². The molecular formula is C15H23ClN2O2S. The molecule has 0 amide bonds. The van der Waals surface area contributed by atoms with Gasteiger partial charge in [0.15, 0.2) is 0 Å². The number of hydrogen-bond acceptors (Lipinski definition) is 3. The number of anilines is 2. The molecule has 21 heavy (non-hydrogen) atoms. The lowest BCUT2D eigenvalue weighted by atomic mass is 9.80. The van der Waals surface area contributed by atoms with E-state index in [4.69, 9.17) is 11.6 Å². The van der Waals surface area contributed by atoms with E-state index >= 15 is 0 Å². The van der Waals surface area contributed by atoms with Gasteiger partial charge in [-0.05, 0) is 49.3 Å². The maximum Gasteiger partial charge on any atom is 0.229 e. The molecule has 6 heteroatoms. The molecule has 1 aliphatic rings. The van der Waals surface area contributed by atoms with Gasteiger partial charge in [-0.1, -0.05) is 25.4 Å². The largest absolute Gasteiger partial charge is 0.381 e. The lowest BCUT2D eigenvalue weighted by Gasteiger charge is -2.34. The second-order valence-electron chi connectivity index (χ2n) is 6.22. The van der Waals surface area contributed by atoms with Crippen molar-refractivity contribution in [3.8, 4) is 0 Å². The summed E-state index contributed by atoms with van der Waals surface area (Å²) in [6.07, 6.45) is 4.67. The van der Waals surface area contributed by atoms with Gasteiger partial charge in [-0.25, -0.2) is 8.42 Å². The predicted molar refractivity (Wildman–Crippen MR) is 89.5 cm³/mol. The number of halogens is 1. The normalized spacial score (nSPS) is 26.4. The van der Waals surface area contributed by atoms with Crippen LogP contribution in [0.1, 0.15) is 33.1 Å². The van der Waals surface area contributed by atoms with Crippen LogP contribution in [0.15, 0.2) is 18.2 Å². The van der Waals surface area contributed by atoms with Crippen LogP contribution in [0.5, 0.6) is 0 Å². The first-order chi connectivity index (χ1) is 9.74. The van der Waals surface area contributed by atoms with E-state index in [0.29, 0.717) is 22.7 Å². The lowest BCUT2D eigenvalue weighted by Crippen LogP contribution is -2.33. The molecule has 118 valence electrons. The number of hydrogen-bond donors (Lipinski definition) is 2. The van der Waals surface area contributed by atoms with E-state index in [0.717, 1.165) is 24.3 Å². The van der Waals surface area contributed by atoms with Crippen molar-refractivity contribution in [1.29, 1.82) is 0 Å². The zero-order valence-corrected chi connectivity index (χ0v) is 14.3. The zero-order valence-electron chi connectivity index (χ0n) is 12.7. The summed E-state index contributed by atoms with van der Waals surface area (Å²) in [6, 6.07) is 5.52. The van der Waals surface area contributed by atoms with Gasteiger partial charge in [0.05, 0.1) is 22.7 Å². The van der Waals surface area contributed by atoms with E-state index in [1.807, 2.05) is 0 Å². The van der Waals surface area contributed by atoms with Gasteiger partial charge in [0.2, 0.25) is 10.0 Å². The highest BCUT2D eigenvalue weighted by Gasteiger charge is 2.25. The highest BCUT2D eigenvalue weighted by Crippen LogP contribution is 2.33. The van der Waals surface area contributed by atoms with Crippen LogP contribution in [0.4, 0.5) is 11.4 Å². The fraction of sp³-hybridized carbons (Fsp3) is 0.600. The van der Waals surface area contributed by atoms with Gasteiger partial charge >= 0.3 is 0 Å². The maximum absolute atomic E-state index is 11.3. The molecule has 0 aromatic heterocycles. The van der Waals surface area contributed by atoms with Crippen LogP contribution >= 0.6 is 11.6 Å². The Labute approximate surface area is 132 Å². The number of rotatable bonds is 4. The van der Waals surface area contributed by atoms with Crippen LogP contribution in [-0.4, -0.2) is 20.7 Å². The molecule has 3 atom stereocenters. The Hall–Kier alpha value is -0.940. The maximum atomic E-state index is 11.3. The van der Waals surface area contributed by atoms with E-state index in [1.165, 1.54) is 12.8 Å². The quantitative estimate of drug-likeness (QED) is 0.878. The first-order valence-electron chi connectivity index (χ1n) is 7.28. The van der Waals surface area contributed by atoms with E-state index in [2.05, 4.69) is 23.9 Å². The standard InChI is InChI=1S/C15H23ClN2O2S/c1-10-4-7-14(11(2)8-10)17-15-9-12(5-6-13(15)16)18-21(3,19)20/h5-6,9-11,14,17-18H,4,7-8H2,1-3H3. The smallest absolute Gasteiger partial charge is 0.229 e. The molecule has 0 heterocycles. The molecule has 0 bridgehead atoms. The highest BCUT2D eigenvalue weighted by atomic mass is 35.5. The van der Waals surface area contributed by atoms with Crippen molar-refractivity contribution >= 4 is 33.0 Å². The number of sulfonamides is 1. The second-order valence-corrected chi connectivity index (χ2v) is 8.37. The van der Waals surface area contributed by atoms with Crippen LogP contribution in [0.3, 0.4) is 0 Å². The number of benzene rings is 1. The van der Waals surface area contributed by atoms with Gasteiger partial charge in [0, 0.05) is 6.04 Å². The van der Waals surface area contributed by atoms with Gasteiger partial charge in [0.1, 0.15) is 0 Å². The summed E-state index contributed by atoms with van der Waals surface area (Å²) in [5.41, 5.74) is 1.32. The summed E-state index contributed by atoms with van der Waals surface area (Å²) in [7, 11) is -3.28. The zero-order chi connectivity index (χ0) is 15.6. The molecule has 0 aliphatic heterocycles. The lowest BCUT2D eigenvalue weighted by molar-refractivity contribution is 0.276. The van der Waals surface area contributed by atoms with E-state index in [9.17, 15) is 8.42 Å². The minimum absolute atomic E-state index is 0.382. The van der Waals surface area contributed by atoms with Crippen LogP contribution in [0, 0.1) is 11.8 Å². The van der Waals surface area contributed by atoms with Crippen molar-refractivity contribution in [2.24, 2.45) is 11.8 Å². The molecule has 2 rings (SSSR count). The predicted octanol–water partition coefficient (Wildman–Crippen LogP) is 3.95. The molecular weight excluding hydrogens is 308 g/mol. The molecule has 3 unspecified atom stereocenters. The van der Waals surface area contributed by atoms with Crippen LogP contribution in [0.25, 0.3) is 0 Å². The first kappa shape index (κ1) is 16.4. The molecule has 0 radical (unpaired) electrons. The Kier molecular flexibility index (Phi) is 5.04. The van der Waals surface area contributed by atoms with Crippen LogP contribution in [-0.2, 0) is 10.0 Å². The van der Waals surface area contributed by atoms with Crippen molar-refractivity contribution in [3.05, 3.63) is 23.2 Å². The third-order valence-electron chi connectivity index (χ3n) is 4.04. The Morgan fingerprint density at radius 1 is 1.24 bits per heavy atom. The molecule has 2 N–H and O–H groups in total. The van der Waals surface area contributed by atoms with E-state index in [-0.39, 0.29) is 0 Å². The fourth-order valence-corrected chi connectivity index (χ4v) is 3.72. The fourth-order valence-electron chi connectivity index (χ4n) is 2.99. The molecule has 0 spiro atoms. The Morgan fingerprint density at radius 2 is 1.95 bits per heavy atom. The van der Waals surface area contributed by atoms with E-state index in [1.54, 1.807) is 18.2 Å². The summed E-state index contributed by atoms with van der Waals surface area (Å²) in [4.78, 5) is 0. The summed E-state index contributed by atoms with van der Waals surface area (Å²) in [5, 5.41) is 4.09. The highest BCUT2D eigenvalue weighted by molar-refractivity contribution is 7.92. The molecule has 1 aliphatic carbocycles. The molecule has 1 fully saturated rings. The summed E-state index contributed by atoms with van der Waals surface area (Å²) >= 11 is 6.22. The average Bonchev–Trinajstić information content (AvgIpc) is 2.35. The van der Waals surface area contributed by atoms with Gasteiger partial charge in [0.25, 0.3) is 0 Å². The second kappa shape index (κ2) is 6.44. The van der Waals surface area contributed by atoms with Gasteiger partial charge in [-0.15, -0.1) is 0 Å². The van der Waals surface area contributed by atoms with Gasteiger partial charge < -0.3 is 5.32 Å². The third-order valence-corrected chi connectivity index (χ3v) is 4.98. The van der Waals surface area contributed by atoms with E-state index < -0.39 is 10.0 Å². The molecule has 1 aromatic carbocycles. The average molecular weight is 331 g/mol. The summed E-state index contributed by atoms with van der Waals surface area (Å²) in [5.74, 6) is 1.35. The monoisotopic (exact) mass is 330 g/mol. The third kappa shape index (κ3) is 4.78. The molecule has 4 nitrogen and oxygen atoms in total. The van der Waals surface area contributed by atoms with Crippen molar-refractivity contribution in [3.63, 3.8) is 0 Å². The summed E-state index contributed by atoms with van der Waals surface area (Å²) < 4.78 is 25.1. The summed E-state index contributed by atoms with van der Waals surface area (Å²) in [6.45, 7) is 4.54. The Bertz CT molecular complexity index is 604. The van der Waals surface area contributed by atoms with Crippen LogP contribution < -0.4 is 10.0 Å². The van der Waals surface area contributed by atoms with Crippen LogP contribution in [0.2, 0.25) is 5.02 Å². The van der Waals surface area contributed by atoms with Crippen molar-refractivity contribution in [2.75, 3.05) is 16.3 Å². The minimum Gasteiger partial charge on any atom is -0.381 e. The molecule has 0 saturated heterocycles.